The lowest BCUT2D eigenvalue weighted by Crippen LogP contribution is -2.25. The van der Waals surface area contributed by atoms with E-state index in [0.717, 1.165) is 11.8 Å². The summed E-state index contributed by atoms with van der Waals surface area (Å²) in [7, 11) is 3.03. The van der Waals surface area contributed by atoms with E-state index >= 15 is 0 Å². The number of thioether (sulfide) groups is 1. The quantitative estimate of drug-likeness (QED) is 0.469. The molecular weight excluding hydrogens is 442 g/mol. The van der Waals surface area contributed by atoms with Crippen LogP contribution in [0.5, 0.6) is 11.5 Å². The highest BCUT2D eigenvalue weighted by Gasteiger charge is 2.27. The molecule has 168 valence electrons. The highest BCUT2D eigenvalue weighted by Crippen LogP contribution is 2.38. The number of nitrogens with zero attached hydrogens (tertiary/aromatic N) is 3. The molecule has 3 aromatic rings. The van der Waals surface area contributed by atoms with E-state index in [1.54, 1.807) is 30.3 Å². The number of carbonyl (C=O) groups is 1. The molecular formula is C23H21N5O4S. The number of amides is 1. The lowest BCUT2D eigenvalue weighted by atomic mass is 10.0. The van der Waals surface area contributed by atoms with Gasteiger partial charge in [0.05, 0.1) is 42.5 Å². The van der Waals surface area contributed by atoms with Crippen molar-refractivity contribution in [3.63, 3.8) is 0 Å². The minimum atomic E-state index is -0.614. The second-order valence-electron chi connectivity index (χ2n) is 6.70. The number of ether oxygens (including phenoxy) is 2. The fourth-order valence-electron chi connectivity index (χ4n) is 3.13. The number of rotatable bonds is 8. The number of furan rings is 1. The third-order valence-electron chi connectivity index (χ3n) is 4.76. The Balaban J connectivity index is 1.98. The Kier molecular flexibility index (Phi) is 7.44. The Hall–Kier alpha value is -4.15. The standard InChI is InChI=1S/C23H21N5O4S/c1-4-19(22(29)27-16-10-13(30-2)7-8-17(16)31-3)33-23-15(12-25)20(18-6-5-9-32-18)14(11-24)21(26)28-23/h5-10,19H,4H2,1-3H3,(H2,26,28)(H,27,29). The van der Waals surface area contributed by atoms with E-state index in [9.17, 15) is 15.3 Å². The Labute approximate surface area is 195 Å². The van der Waals surface area contributed by atoms with Crippen LogP contribution in [0.4, 0.5) is 11.5 Å². The Morgan fingerprint density at radius 1 is 1.24 bits per heavy atom. The molecule has 1 amide bonds. The molecule has 0 fully saturated rings. The first-order valence-electron chi connectivity index (χ1n) is 9.84. The molecule has 0 aliphatic heterocycles. The van der Waals surface area contributed by atoms with Crippen molar-refractivity contribution < 1.29 is 18.7 Å². The predicted octanol–water partition coefficient (Wildman–Crippen LogP) is 4.19. The number of hydrogen-bond donors (Lipinski definition) is 2. The summed E-state index contributed by atoms with van der Waals surface area (Å²) < 4.78 is 16.0. The summed E-state index contributed by atoms with van der Waals surface area (Å²) in [5.41, 5.74) is 6.89. The van der Waals surface area contributed by atoms with Crippen molar-refractivity contribution in [1.29, 1.82) is 10.5 Å². The minimum absolute atomic E-state index is 0.0458. The number of methoxy groups -OCH3 is 2. The minimum Gasteiger partial charge on any atom is -0.497 e. The van der Waals surface area contributed by atoms with Crippen molar-refractivity contribution in [1.82, 2.24) is 4.98 Å². The van der Waals surface area contributed by atoms with Crippen molar-refractivity contribution in [2.75, 3.05) is 25.3 Å². The highest BCUT2D eigenvalue weighted by molar-refractivity contribution is 8.00. The van der Waals surface area contributed by atoms with Gasteiger partial charge in [-0.1, -0.05) is 18.7 Å². The van der Waals surface area contributed by atoms with E-state index < -0.39 is 5.25 Å². The predicted molar refractivity (Wildman–Crippen MR) is 124 cm³/mol. The molecule has 0 bridgehead atoms. The van der Waals surface area contributed by atoms with Gasteiger partial charge in [-0.2, -0.15) is 10.5 Å². The summed E-state index contributed by atoms with van der Waals surface area (Å²) >= 11 is 1.09. The van der Waals surface area contributed by atoms with E-state index in [2.05, 4.69) is 16.4 Å². The van der Waals surface area contributed by atoms with Gasteiger partial charge in [-0.05, 0) is 30.7 Å². The van der Waals surface area contributed by atoms with Gasteiger partial charge in [-0.15, -0.1) is 0 Å². The number of benzene rings is 1. The van der Waals surface area contributed by atoms with E-state index in [-0.39, 0.29) is 33.4 Å². The number of nitrogen functional groups attached to an aromatic ring is 1. The molecule has 1 aromatic carbocycles. The average Bonchev–Trinajstić information content (AvgIpc) is 3.36. The topological polar surface area (TPSA) is 147 Å². The lowest BCUT2D eigenvalue weighted by molar-refractivity contribution is -0.115. The monoisotopic (exact) mass is 463 g/mol. The van der Waals surface area contributed by atoms with Crippen LogP contribution < -0.4 is 20.5 Å². The molecule has 0 saturated heterocycles. The number of hydrogen-bond acceptors (Lipinski definition) is 9. The average molecular weight is 464 g/mol. The molecule has 10 heteroatoms. The van der Waals surface area contributed by atoms with Crippen molar-refractivity contribution in [2.24, 2.45) is 0 Å². The number of anilines is 2. The molecule has 2 aromatic heterocycles. The first kappa shape index (κ1) is 23.5. The van der Waals surface area contributed by atoms with Gasteiger partial charge in [-0.3, -0.25) is 4.79 Å². The zero-order valence-corrected chi connectivity index (χ0v) is 19.0. The van der Waals surface area contributed by atoms with Crippen molar-refractivity contribution >= 4 is 29.2 Å². The van der Waals surface area contributed by atoms with Crippen LogP contribution in [0.15, 0.2) is 46.0 Å². The molecule has 0 radical (unpaired) electrons. The smallest absolute Gasteiger partial charge is 0.238 e. The molecule has 9 nitrogen and oxygen atoms in total. The van der Waals surface area contributed by atoms with Crippen LogP contribution in [-0.4, -0.2) is 30.4 Å². The number of carbonyl (C=O) groups excluding carboxylic acids is 1. The summed E-state index contributed by atoms with van der Waals surface area (Å²) in [6, 6.07) is 12.4. The number of nitrogens with one attached hydrogen (secondary N) is 1. The molecule has 33 heavy (non-hydrogen) atoms. The molecule has 0 aliphatic rings. The van der Waals surface area contributed by atoms with E-state index in [1.165, 1.54) is 20.5 Å². The van der Waals surface area contributed by atoms with Gasteiger partial charge in [0.1, 0.15) is 45.8 Å². The van der Waals surface area contributed by atoms with Crippen LogP contribution in [0.1, 0.15) is 24.5 Å². The first-order valence-corrected chi connectivity index (χ1v) is 10.7. The van der Waals surface area contributed by atoms with Gasteiger partial charge in [0.25, 0.3) is 0 Å². The number of aromatic nitrogens is 1. The van der Waals surface area contributed by atoms with Crippen LogP contribution in [-0.2, 0) is 4.79 Å². The van der Waals surface area contributed by atoms with Gasteiger partial charge in [0, 0.05) is 6.07 Å². The summed E-state index contributed by atoms with van der Waals surface area (Å²) in [4.78, 5) is 17.3. The van der Waals surface area contributed by atoms with Crippen molar-refractivity contribution in [2.45, 2.75) is 23.6 Å². The first-order chi connectivity index (χ1) is 16.0. The summed E-state index contributed by atoms with van der Waals surface area (Å²) in [6.07, 6.45) is 1.87. The van der Waals surface area contributed by atoms with Gasteiger partial charge < -0.3 is 24.9 Å². The maximum Gasteiger partial charge on any atom is 0.238 e. The Morgan fingerprint density at radius 3 is 2.58 bits per heavy atom. The third-order valence-corrected chi connectivity index (χ3v) is 6.12. The van der Waals surface area contributed by atoms with E-state index in [1.807, 2.05) is 13.0 Å². The summed E-state index contributed by atoms with van der Waals surface area (Å²) in [5, 5.41) is 21.9. The van der Waals surface area contributed by atoms with E-state index in [0.29, 0.717) is 29.4 Å². The molecule has 0 aliphatic carbocycles. The normalized spacial score (nSPS) is 11.2. The van der Waals surface area contributed by atoms with Crippen LogP contribution in [0.2, 0.25) is 0 Å². The number of nitrogens with two attached hydrogens (primary N) is 1. The lowest BCUT2D eigenvalue weighted by Gasteiger charge is -2.18. The van der Waals surface area contributed by atoms with Crippen LogP contribution in [0, 0.1) is 22.7 Å². The maximum atomic E-state index is 13.1. The van der Waals surface area contributed by atoms with E-state index in [4.69, 9.17) is 19.6 Å². The zero-order chi connectivity index (χ0) is 24.0. The second kappa shape index (κ2) is 10.4. The number of pyridine rings is 1. The van der Waals surface area contributed by atoms with Crippen molar-refractivity contribution in [3.05, 3.63) is 47.7 Å². The number of nitriles is 2. The van der Waals surface area contributed by atoms with Gasteiger partial charge in [0.15, 0.2) is 0 Å². The molecule has 1 unspecified atom stereocenters. The maximum absolute atomic E-state index is 13.1. The molecule has 3 rings (SSSR count). The SMILES string of the molecule is CCC(Sc1nc(N)c(C#N)c(-c2ccco2)c1C#N)C(=O)Nc1cc(OC)ccc1OC. The molecule has 2 heterocycles. The molecule has 0 saturated carbocycles. The van der Waals surface area contributed by atoms with Crippen molar-refractivity contribution in [3.8, 4) is 35.0 Å². The Morgan fingerprint density at radius 2 is 2.00 bits per heavy atom. The zero-order valence-electron chi connectivity index (χ0n) is 18.2. The molecule has 1 atom stereocenters. The second-order valence-corrected chi connectivity index (χ2v) is 7.89. The summed E-state index contributed by atoms with van der Waals surface area (Å²) in [5.74, 6) is 0.987. The third kappa shape index (κ3) is 4.86. The Bertz CT molecular complexity index is 1250. The van der Waals surface area contributed by atoms with Gasteiger partial charge >= 0.3 is 0 Å². The largest absolute Gasteiger partial charge is 0.497 e. The van der Waals surface area contributed by atoms with Crippen LogP contribution >= 0.6 is 11.8 Å². The van der Waals surface area contributed by atoms with Gasteiger partial charge in [0.2, 0.25) is 5.91 Å². The van der Waals surface area contributed by atoms with Crippen LogP contribution in [0.25, 0.3) is 11.3 Å². The fraction of sp³-hybridized carbons (Fsp3) is 0.217. The van der Waals surface area contributed by atoms with Crippen LogP contribution in [0.3, 0.4) is 0 Å². The molecule has 3 N–H and O–H groups in total. The molecule has 0 spiro atoms. The fourth-order valence-corrected chi connectivity index (χ4v) is 4.15. The highest BCUT2D eigenvalue weighted by atomic mass is 32.2. The van der Waals surface area contributed by atoms with Gasteiger partial charge in [-0.25, -0.2) is 4.98 Å². The summed E-state index contributed by atoms with van der Waals surface area (Å²) in [6.45, 7) is 1.84.